The number of carbonyl (C=O) groups excluding carboxylic acids is 1. The quantitative estimate of drug-likeness (QED) is 0.623. The van der Waals surface area contributed by atoms with Crippen LogP contribution in [0, 0.1) is 5.92 Å². The number of halogens is 1. The zero-order valence-corrected chi connectivity index (χ0v) is 18.2. The van der Waals surface area contributed by atoms with E-state index in [1.165, 1.54) is 5.56 Å². The average Bonchev–Trinajstić information content (AvgIpc) is 3.34. The Kier molecular flexibility index (Phi) is 7.19. The molecule has 5 nitrogen and oxygen atoms in total. The molecule has 3 aromatic rings. The van der Waals surface area contributed by atoms with Gasteiger partial charge in [-0.1, -0.05) is 48.5 Å². The number of hydrogen-bond acceptors (Lipinski definition) is 4. The van der Waals surface area contributed by atoms with Crippen molar-refractivity contribution in [1.29, 1.82) is 0 Å². The number of amides is 1. The van der Waals surface area contributed by atoms with Crippen molar-refractivity contribution >= 4 is 29.3 Å². The van der Waals surface area contributed by atoms with Crippen LogP contribution in [0.15, 0.2) is 59.0 Å². The van der Waals surface area contributed by atoms with Gasteiger partial charge in [-0.15, -0.1) is 12.4 Å². The Bertz CT molecular complexity index is 987. The Labute approximate surface area is 183 Å². The Morgan fingerprint density at radius 1 is 1.13 bits per heavy atom. The molecule has 1 saturated heterocycles. The molecule has 1 amide bonds. The van der Waals surface area contributed by atoms with Crippen LogP contribution in [0.2, 0.25) is 0 Å². The molecule has 2 N–H and O–H groups in total. The lowest BCUT2D eigenvalue weighted by Crippen LogP contribution is -2.30. The van der Waals surface area contributed by atoms with Crippen molar-refractivity contribution in [2.75, 3.05) is 19.6 Å². The van der Waals surface area contributed by atoms with Gasteiger partial charge < -0.3 is 19.8 Å². The molecule has 0 bridgehead atoms. The number of hydrogen-bond donors (Lipinski definition) is 1. The maximum Gasteiger partial charge on any atom is 0.290 e. The molecular formula is C24H29ClN2O3. The minimum atomic E-state index is -0.0829. The highest BCUT2D eigenvalue weighted by Gasteiger charge is 2.37. The molecule has 0 spiro atoms. The smallest absolute Gasteiger partial charge is 0.290 e. The molecule has 0 radical (unpaired) electrons. The highest BCUT2D eigenvalue weighted by Crippen LogP contribution is 2.35. The van der Waals surface area contributed by atoms with Gasteiger partial charge in [0.2, 0.25) is 0 Å². The van der Waals surface area contributed by atoms with Crippen LogP contribution < -0.4 is 5.73 Å². The Morgan fingerprint density at radius 3 is 2.53 bits per heavy atom. The Hall–Kier alpha value is -2.34. The molecular weight excluding hydrogens is 400 g/mol. The summed E-state index contributed by atoms with van der Waals surface area (Å²) in [6.45, 7) is 6.16. The van der Waals surface area contributed by atoms with Gasteiger partial charge >= 0.3 is 0 Å². The van der Waals surface area contributed by atoms with E-state index in [0.29, 0.717) is 37.6 Å². The van der Waals surface area contributed by atoms with Crippen molar-refractivity contribution in [3.63, 3.8) is 0 Å². The van der Waals surface area contributed by atoms with Crippen LogP contribution in [0.1, 0.15) is 41.4 Å². The summed E-state index contributed by atoms with van der Waals surface area (Å²) >= 11 is 0. The molecule has 6 heteroatoms. The van der Waals surface area contributed by atoms with Gasteiger partial charge in [-0.3, -0.25) is 4.79 Å². The summed E-state index contributed by atoms with van der Waals surface area (Å²) in [6, 6.07) is 18.1. The van der Waals surface area contributed by atoms with Crippen molar-refractivity contribution in [2.24, 2.45) is 11.7 Å². The third kappa shape index (κ3) is 4.38. The molecule has 30 heavy (non-hydrogen) atoms. The number of nitrogens with zero attached hydrogens (tertiary/aromatic N) is 1. The second-order valence-corrected chi connectivity index (χ2v) is 7.99. The lowest BCUT2D eigenvalue weighted by atomic mass is 9.89. The number of nitrogens with two attached hydrogens (primary N) is 1. The predicted octanol–water partition coefficient (Wildman–Crippen LogP) is 4.59. The molecule has 1 fully saturated rings. The summed E-state index contributed by atoms with van der Waals surface area (Å²) < 4.78 is 11.8. The molecule has 160 valence electrons. The van der Waals surface area contributed by atoms with Crippen LogP contribution in [-0.2, 0) is 11.3 Å². The lowest BCUT2D eigenvalue weighted by molar-refractivity contribution is 0.0620. The first-order chi connectivity index (χ1) is 14.1. The number of furan rings is 1. The number of likely N-dealkylation sites (tertiary alicyclic amines) is 1. The van der Waals surface area contributed by atoms with E-state index in [4.69, 9.17) is 14.9 Å². The first-order valence-electron chi connectivity index (χ1n) is 10.2. The highest BCUT2D eigenvalue weighted by atomic mass is 35.5. The van der Waals surface area contributed by atoms with Crippen LogP contribution in [-0.4, -0.2) is 36.5 Å². The van der Waals surface area contributed by atoms with Crippen LogP contribution in [0.3, 0.4) is 0 Å². The van der Waals surface area contributed by atoms with E-state index < -0.39 is 0 Å². The van der Waals surface area contributed by atoms with Crippen LogP contribution in [0.25, 0.3) is 11.0 Å². The summed E-state index contributed by atoms with van der Waals surface area (Å²) in [6.07, 6.45) is 0.0717. The maximum atomic E-state index is 13.5. The summed E-state index contributed by atoms with van der Waals surface area (Å²) in [5.41, 5.74) is 8.82. The van der Waals surface area contributed by atoms with Crippen molar-refractivity contribution in [3.05, 3.63) is 71.5 Å². The van der Waals surface area contributed by atoms with Gasteiger partial charge in [-0.2, -0.15) is 0 Å². The summed E-state index contributed by atoms with van der Waals surface area (Å²) in [5.74, 6) is 0.780. The molecule has 0 saturated carbocycles. The summed E-state index contributed by atoms with van der Waals surface area (Å²) in [4.78, 5) is 15.3. The number of carbonyl (C=O) groups is 1. The standard InChI is InChI=1S/C24H28N2O3.ClH/c1-16(2)28-15-21-19-10-6-7-11-22(19)29-23(21)24(27)26-13-18(12-25)20(14-26)17-8-4-3-5-9-17;/h3-11,16,18,20H,12-15,25H2,1-2H3;1H/t18-,20+;/m1./s1. The fourth-order valence-corrected chi connectivity index (χ4v) is 4.16. The average molecular weight is 429 g/mol. The third-order valence-corrected chi connectivity index (χ3v) is 5.71. The number of para-hydroxylation sites is 1. The molecule has 2 atom stereocenters. The number of benzene rings is 2. The molecule has 4 rings (SSSR count). The monoisotopic (exact) mass is 428 g/mol. The number of ether oxygens (including phenoxy) is 1. The normalized spacial score (nSPS) is 18.7. The molecule has 1 aromatic heterocycles. The minimum Gasteiger partial charge on any atom is -0.451 e. The molecule has 0 unspecified atom stereocenters. The second-order valence-electron chi connectivity index (χ2n) is 7.99. The van der Waals surface area contributed by atoms with E-state index in [-0.39, 0.29) is 36.3 Å². The van der Waals surface area contributed by atoms with Gasteiger partial charge in [0, 0.05) is 30.0 Å². The minimum absolute atomic E-state index is 0. The van der Waals surface area contributed by atoms with E-state index in [0.717, 1.165) is 10.9 Å². The lowest BCUT2D eigenvalue weighted by Gasteiger charge is -2.17. The maximum absolute atomic E-state index is 13.5. The van der Waals surface area contributed by atoms with E-state index in [9.17, 15) is 4.79 Å². The second kappa shape index (κ2) is 9.65. The van der Waals surface area contributed by atoms with Gasteiger partial charge in [0.1, 0.15) is 5.58 Å². The first-order valence-corrected chi connectivity index (χ1v) is 10.2. The van der Waals surface area contributed by atoms with Crippen molar-refractivity contribution < 1.29 is 13.9 Å². The largest absolute Gasteiger partial charge is 0.451 e. The van der Waals surface area contributed by atoms with E-state index in [1.807, 2.05) is 61.2 Å². The molecule has 0 aliphatic carbocycles. The Morgan fingerprint density at radius 2 is 1.83 bits per heavy atom. The molecule has 2 heterocycles. The number of fused-ring (bicyclic) bond motifs is 1. The van der Waals surface area contributed by atoms with E-state index >= 15 is 0 Å². The Balaban J connectivity index is 0.00000256. The number of rotatable bonds is 6. The topological polar surface area (TPSA) is 68.7 Å². The van der Waals surface area contributed by atoms with Crippen LogP contribution in [0.5, 0.6) is 0 Å². The van der Waals surface area contributed by atoms with Gasteiger partial charge in [-0.05, 0) is 37.9 Å². The zero-order chi connectivity index (χ0) is 20.4. The van der Waals surface area contributed by atoms with Crippen molar-refractivity contribution in [1.82, 2.24) is 4.90 Å². The highest BCUT2D eigenvalue weighted by molar-refractivity contribution is 5.99. The third-order valence-electron chi connectivity index (χ3n) is 5.71. The molecule has 1 aliphatic rings. The molecule has 2 aromatic carbocycles. The zero-order valence-electron chi connectivity index (χ0n) is 17.4. The van der Waals surface area contributed by atoms with Gasteiger partial charge in [-0.25, -0.2) is 0 Å². The molecule has 1 aliphatic heterocycles. The van der Waals surface area contributed by atoms with Crippen molar-refractivity contribution in [2.45, 2.75) is 32.5 Å². The van der Waals surface area contributed by atoms with Crippen molar-refractivity contribution in [3.8, 4) is 0 Å². The fraction of sp³-hybridized carbons (Fsp3) is 0.375. The van der Waals surface area contributed by atoms with Gasteiger partial charge in [0.25, 0.3) is 5.91 Å². The van der Waals surface area contributed by atoms with Gasteiger partial charge in [0.05, 0.1) is 12.7 Å². The van der Waals surface area contributed by atoms with E-state index in [1.54, 1.807) is 0 Å². The van der Waals surface area contributed by atoms with Gasteiger partial charge in [0.15, 0.2) is 5.76 Å². The SMILES string of the molecule is CC(C)OCc1c(C(=O)N2C[C@@H](CN)[C@H](c3ccccc3)C2)oc2ccccc12.Cl. The van der Waals surface area contributed by atoms with Crippen LogP contribution in [0.4, 0.5) is 0 Å². The summed E-state index contributed by atoms with van der Waals surface area (Å²) in [7, 11) is 0. The van der Waals surface area contributed by atoms with Crippen LogP contribution >= 0.6 is 12.4 Å². The predicted molar refractivity (Wildman–Crippen MR) is 121 cm³/mol. The first kappa shape index (κ1) is 22.3. The fourth-order valence-electron chi connectivity index (χ4n) is 4.16. The van der Waals surface area contributed by atoms with E-state index in [2.05, 4.69) is 12.1 Å². The summed E-state index contributed by atoms with van der Waals surface area (Å²) in [5, 5.41) is 0.936.